The third kappa shape index (κ3) is 2.45. The zero-order valence-corrected chi connectivity index (χ0v) is 11.3. The summed E-state index contributed by atoms with van der Waals surface area (Å²) in [4.78, 5) is 0. The van der Waals surface area contributed by atoms with Gasteiger partial charge in [0.1, 0.15) is 0 Å². The lowest BCUT2D eigenvalue weighted by molar-refractivity contribution is 0.0881. The second-order valence-electron chi connectivity index (χ2n) is 6.90. The number of nitrogens with two attached hydrogens (primary N) is 1. The van der Waals surface area contributed by atoms with Crippen LogP contribution in [0.1, 0.15) is 65.7 Å². The summed E-state index contributed by atoms with van der Waals surface area (Å²) < 4.78 is 0. The van der Waals surface area contributed by atoms with Gasteiger partial charge in [-0.2, -0.15) is 0 Å². The summed E-state index contributed by atoms with van der Waals surface area (Å²) in [5.74, 6) is 3.46. The Morgan fingerprint density at radius 3 is 2.38 bits per heavy atom. The van der Waals surface area contributed by atoms with Crippen LogP contribution in [-0.4, -0.2) is 5.54 Å². The highest BCUT2D eigenvalue weighted by atomic mass is 14.8. The average molecular weight is 223 g/mol. The van der Waals surface area contributed by atoms with E-state index in [2.05, 4.69) is 20.8 Å². The molecule has 0 amide bonds. The highest BCUT2D eigenvalue weighted by molar-refractivity contribution is 4.97. The molecule has 16 heavy (non-hydrogen) atoms. The lowest BCUT2D eigenvalue weighted by Crippen LogP contribution is -2.52. The van der Waals surface area contributed by atoms with Gasteiger partial charge in [0.2, 0.25) is 0 Å². The highest BCUT2D eigenvalue weighted by Gasteiger charge is 2.40. The second-order valence-corrected chi connectivity index (χ2v) is 6.90. The Kier molecular flexibility index (Phi) is 3.63. The molecule has 1 nitrogen and oxygen atoms in total. The smallest absolute Gasteiger partial charge is 0.0185 e. The van der Waals surface area contributed by atoms with Crippen LogP contribution in [0, 0.1) is 23.7 Å². The van der Waals surface area contributed by atoms with Crippen molar-refractivity contribution < 1.29 is 0 Å². The normalized spacial score (nSPS) is 50.2. The fraction of sp³-hybridized carbons (Fsp3) is 1.00. The first-order valence-electron chi connectivity index (χ1n) is 7.30. The van der Waals surface area contributed by atoms with Crippen molar-refractivity contribution in [2.75, 3.05) is 0 Å². The van der Waals surface area contributed by atoms with Gasteiger partial charge in [0.25, 0.3) is 0 Å². The number of hydrogen-bond donors (Lipinski definition) is 1. The van der Waals surface area contributed by atoms with Gasteiger partial charge < -0.3 is 5.73 Å². The van der Waals surface area contributed by atoms with Crippen LogP contribution in [0.15, 0.2) is 0 Å². The second kappa shape index (κ2) is 4.68. The Hall–Kier alpha value is -0.0400. The van der Waals surface area contributed by atoms with E-state index < -0.39 is 0 Å². The Morgan fingerprint density at radius 1 is 1.00 bits per heavy atom. The van der Waals surface area contributed by atoms with Crippen LogP contribution in [0.3, 0.4) is 0 Å². The van der Waals surface area contributed by atoms with E-state index in [0.717, 1.165) is 23.7 Å². The summed E-state index contributed by atoms with van der Waals surface area (Å²) in [6, 6.07) is 0. The Bertz CT molecular complexity index is 238. The van der Waals surface area contributed by atoms with E-state index in [-0.39, 0.29) is 5.54 Å². The van der Waals surface area contributed by atoms with E-state index in [1.165, 1.54) is 44.9 Å². The maximum atomic E-state index is 6.73. The molecule has 2 aliphatic carbocycles. The molecule has 2 aliphatic rings. The molecule has 0 bridgehead atoms. The van der Waals surface area contributed by atoms with Crippen LogP contribution < -0.4 is 5.73 Å². The third-order valence-electron chi connectivity index (χ3n) is 5.48. The highest BCUT2D eigenvalue weighted by Crippen LogP contribution is 2.44. The van der Waals surface area contributed by atoms with E-state index in [0.29, 0.717) is 0 Å². The summed E-state index contributed by atoms with van der Waals surface area (Å²) in [5, 5.41) is 0. The van der Waals surface area contributed by atoms with Crippen molar-refractivity contribution in [3.63, 3.8) is 0 Å². The molecule has 0 aromatic heterocycles. The van der Waals surface area contributed by atoms with Crippen LogP contribution in [0.4, 0.5) is 0 Å². The van der Waals surface area contributed by atoms with Gasteiger partial charge >= 0.3 is 0 Å². The average Bonchev–Trinajstić information content (AvgIpc) is 2.21. The molecule has 2 saturated carbocycles. The molecule has 0 saturated heterocycles. The molecule has 2 fully saturated rings. The van der Waals surface area contributed by atoms with Gasteiger partial charge in [-0.05, 0) is 49.4 Å². The van der Waals surface area contributed by atoms with E-state index in [4.69, 9.17) is 5.73 Å². The summed E-state index contributed by atoms with van der Waals surface area (Å²) in [7, 11) is 0. The van der Waals surface area contributed by atoms with E-state index in [9.17, 15) is 0 Å². The SMILES string of the molecule is CC1CCCC(N)(C2CCC(C)C(C)C2)C1. The molecule has 0 aromatic rings. The first kappa shape index (κ1) is 12.4. The molecule has 5 atom stereocenters. The van der Waals surface area contributed by atoms with Crippen molar-refractivity contribution in [2.45, 2.75) is 71.3 Å². The standard InChI is InChI=1S/C15H29N/c1-11-5-4-8-15(16,10-11)14-7-6-12(2)13(3)9-14/h11-14H,4-10,16H2,1-3H3. The van der Waals surface area contributed by atoms with Gasteiger partial charge in [0, 0.05) is 5.54 Å². The molecular weight excluding hydrogens is 194 g/mol. The zero-order chi connectivity index (χ0) is 11.8. The minimum absolute atomic E-state index is 0.187. The van der Waals surface area contributed by atoms with Crippen LogP contribution >= 0.6 is 0 Å². The summed E-state index contributed by atoms with van der Waals surface area (Å²) in [6.07, 6.45) is 9.48. The summed E-state index contributed by atoms with van der Waals surface area (Å²) in [6.45, 7) is 7.22. The lowest BCUT2D eigenvalue weighted by atomic mass is 9.62. The van der Waals surface area contributed by atoms with Crippen molar-refractivity contribution >= 4 is 0 Å². The number of rotatable bonds is 1. The molecule has 94 valence electrons. The van der Waals surface area contributed by atoms with Crippen molar-refractivity contribution in [3.8, 4) is 0 Å². The van der Waals surface area contributed by atoms with Crippen molar-refractivity contribution in [1.29, 1.82) is 0 Å². The molecule has 0 aliphatic heterocycles. The van der Waals surface area contributed by atoms with Gasteiger partial charge in [-0.1, -0.05) is 40.0 Å². The minimum atomic E-state index is 0.187. The first-order valence-corrected chi connectivity index (χ1v) is 7.30. The fourth-order valence-corrected chi connectivity index (χ4v) is 4.07. The van der Waals surface area contributed by atoms with Gasteiger partial charge in [-0.3, -0.25) is 0 Å². The molecule has 0 radical (unpaired) electrons. The Morgan fingerprint density at radius 2 is 1.75 bits per heavy atom. The largest absolute Gasteiger partial charge is 0.325 e. The van der Waals surface area contributed by atoms with Gasteiger partial charge in [0.05, 0.1) is 0 Å². The Balaban J connectivity index is 2.00. The zero-order valence-electron chi connectivity index (χ0n) is 11.3. The maximum Gasteiger partial charge on any atom is 0.0185 e. The van der Waals surface area contributed by atoms with Gasteiger partial charge in [-0.15, -0.1) is 0 Å². The molecule has 2 rings (SSSR count). The monoisotopic (exact) mass is 223 g/mol. The van der Waals surface area contributed by atoms with Crippen LogP contribution in [0.25, 0.3) is 0 Å². The van der Waals surface area contributed by atoms with E-state index in [1.54, 1.807) is 0 Å². The molecule has 5 unspecified atom stereocenters. The molecule has 1 heteroatoms. The first-order chi connectivity index (χ1) is 7.51. The molecule has 0 heterocycles. The molecule has 0 spiro atoms. The van der Waals surface area contributed by atoms with Crippen molar-refractivity contribution in [3.05, 3.63) is 0 Å². The van der Waals surface area contributed by atoms with Crippen molar-refractivity contribution in [1.82, 2.24) is 0 Å². The predicted molar refractivity (Wildman–Crippen MR) is 70.2 cm³/mol. The maximum absolute atomic E-state index is 6.73. The van der Waals surface area contributed by atoms with E-state index >= 15 is 0 Å². The van der Waals surface area contributed by atoms with Crippen molar-refractivity contribution in [2.24, 2.45) is 29.4 Å². The summed E-state index contributed by atoms with van der Waals surface area (Å²) in [5.41, 5.74) is 6.92. The molecule has 2 N–H and O–H groups in total. The predicted octanol–water partition coefficient (Wildman–Crippen LogP) is 3.97. The van der Waals surface area contributed by atoms with Crippen LogP contribution in [0.2, 0.25) is 0 Å². The molecular formula is C15H29N. The van der Waals surface area contributed by atoms with Crippen LogP contribution in [-0.2, 0) is 0 Å². The molecule has 0 aromatic carbocycles. The van der Waals surface area contributed by atoms with Gasteiger partial charge in [-0.25, -0.2) is 0 Å². The van der Waals surface area contributed by atoms with Gasteiger partial charge in [0.15, 0.2) is 0 Å². The van der Waals surface area contributed by atoms with Crippen LogP contribution in [0.5, 0.6) is 0 Å². The number of hydrogen-bond acceptors (Lipinski definition) is 1. The minimum Gasteiger partial charge on any atom is -0.325 e. The van der Waals surface area contributed by atoms with E-state index in [1.807, 2.05) is 0 Å². The Labute approximate surface area is 101 Å². The fourth-order valence-electron chi connectivity index (χ4n) is 4.07. The lowest BCUT2D eigenvalue weighted by Gasteiger charge is -2.47. The quantitative estimate of drug-likeness (QED) is 0.715. The third-order valence-corrected chi connectivity index (χ3v) is 5.48. The topological polar surface area (TPSA) is 26.0 Å². The summed E-state index contributed by atoms with van der Waals surface area (Å²) >= 11 is 0.